The van der Waals surface area contributed by atoms with E-state index in [1.54, 1.807) is 24.3 Å². The smallest absolute Gasteiger partial charge is 0.129 e. The molecule has 3 N–H and O–H groups in total. The average Bonchev–Trinajstić information content (AvgIpc) is 3.24. The minimum absolute atomic E-state index is 0.0316. The molecule has 170 valence electrons. The number of aliphatic hydroxyl groups excluding tert-OH is 1. The molecule has 32 heavy (non-hydrogen) atoms. The van der Waals surface area contributed by atoms with Gasteiger partial charge in [0.15, 0.2) is 0 Å². The molecule has 2 aromatic carbocycles. The Labute approximate surface area is 189 Å². The highest BCUT2D eigenvalue weighted by Crippen LogP contribution is 2.53. The highest BCUT2D eigenvalue weighted by molar-refractivity contribution is 5.80. The Bertz CT molecular complexity index is 1090. The van der Waals surface area contributed by atoms with E-state index in [9.17, 15) is 13.9 Å². The summed E-state index contributed by atoms with van der Waals surface area (Å²) < 4.78 is 29.3. The summed E-state index contributed by atoms with van der Waals surface area (Å²) in [6, 6.07) is 7.10. The van der Waals surface area contributed by atoms with E-state index in [1.807, 2.05) is 13.0 Å². The Hall–Kier alpha value is -2.20. The van der Waals surface area contributed by atoms with Crippen LogP contribution in [0.15, 0.2) is 30.3 Å². The standard InChI is InChI=1S/C28H33F2NO/c1-14-4-6-17-10-20(29)11-18(22(17)8-14)9-19-12-21(16(3)28(19)32)23-13-24(30)27-25(31)7-5-15(2)26(23)27/h5,7,10-11,13-14,16,19,21,23,28,32H,4,6,8-9,12,31H2,1-3H3/t14-,16-,19-,21+,23?,28-/m0/s1. The van der Waals surface area contributed by atoms with Crippen molar-refractivity contribution >= 4 is 11.5 Å². The third-order valence-electron chi connectivity index (χ3n) is 8.47. The molecule has 0 bridgehead atoms. The molecule has 0 spiro atoms. The molecular weight excluding hydrogens is 404 g/mol. The summed E-state index contributed by atoms with van der Waals surface area (Å²) >= 11 is 0. The zero-order valence-electron chi connectivity index (χ0n) is 19.2. The van der Waals surface area contributed by atoms with Crippen LogP contribution >= 0.6 is 0 Å². The Kier molecular flexibility index (Phi) is 5.40. The van der Waals surface area contributed by atoms with E-state index >= 15 is 0 Å². The third-order valence-corrected chi connectivity index (χ3v) is 8.47. The summed E-state index contributed by atoms with van der Waals surface area (Å²) in [6.07, 6.45) is 5.70. The summed E-state index contributed by atoms with van der Waals surface area (Å²) in [7, 11) is 0. The van der Waals surface area contributed by atoms with Gasteiger partial charge in [-0.1, -0.05) is 19.9 Å². The Morgan fingerprint density at radius 2 is 1.94 bits per heavy atom. The maximum Gasteiger partial charge on any atom is 0.129 e. The van der Waals surface area contributed by atoms with E-state index in [2.05, 4.69) is 13.8 Å². The number of hydrogen-bond acceptors (Lipinski definition) is 2. The van der Waals surface area contributed by atoms with Crippen molar-refractivity contribution in [3.63, 3.8) is 0 Å². The van der Waals surface area contributed by atoms with Crippen molar-refractivity contribution in [2.24, 2.45) is 23.7 Å². The van der Waals surface area contributed by atoms with Crippen LogP contribution in [-0.4, -0.2) is 11.2 Å². The third kappa shape index (κ3) is 3.48. The number of aryl methyl sites for hydroxylation is 2. The van der Waals surface area contributed by atoms with Gasteiger partial charge < -0.3 is 10.8 Å². The second-order valence-corrected chi connectivity index (χ2v) is 10.6. The van der Waals surface area contributed by atoms with Gasteiger partial charge in [0.05, 0.1) is 6.10 Å². The van der Waals surface area contributed by atoms with Crippen LogP contribution in [0.1, 0.15) is 66.0 Å². The number of nitrogens with two attached hydrogens (primary N) is 1. The zero-order valence-corrected chi connectivity index (χ0v) is 19.2. The highest BCUT2D eigenvalue weighted by Gasteiger charge is 2.45. The predicted octanol–water partition coefficient (Wildman–Crippen LogP) is 6.12. The van der Waals surface area contributed by atoms with E-state index in [4.69, 9.17) is 5.73 Å². The van der Waals surface area contributed by atoms with Crippen molar-refractivity contribution in [2.45, 2.75) is 64.9 Å². The number of fused-ring (bicyclic) bond motifs is 2. The van der Waals surface area contributed by atoms with Crippen LogP contribution in [-0.2, 0) is 19.3 Å². The van der Waals surface area contributed by atoms with E-state index in [1.165, 1.54) is 5.56 Å². The normalized spacial score (nSPS) is 31.4. The lowest BCUT2D eigenvalue weighted by molar-refractivity contribution is 0.0897. The number of benzene rings is 2. The summed E-state index contributed by atoms with van der Waals surface area (Å²) in [6.45, 7) is 6.33. The van der Waals surface area contributed by atoms with Gasteiger partial charge in [-0.3, -0.25) is 0 Å². The van der Waals surface area contributed by atoms with Gasteiger partial charge in [-0.25, -0.2) is 8.78 Å². The molecule has 3 aliphatic rings. The fourth-order valence-electron chi connectivity index (χ4n) is 6.72. The molecule has 3 aliphatic carbocycles. The fraction of sp³-hybridized carbons (Fsp3) is 0.500. The van der Waals surface area contributed by atoms with Crippen molar-refractivity contribution in [1.29, 1.82) is 0 Å². The molecule has 0 heterocycles. The van der Waals surface area contributed by atoms with Gasteiger partial charge >= 0.3 is 0 Å². The van der Waals surface area contributed by atoms with Crippen molar-refractivity contribution < 1.29 is 13.9 Å². The van der Waals surface area contributed by atoms with Gasteiger partial charge in [-0.2, -0.15) is 0 Å². The van der Waals surface area contributed by atoms with Crippen LogP contribution in [0.5, 0.6) is 0 Å². The van der Waals surface area contributed by atoms with Crippen molar-refractivity contribution in [3.05, 3.63) is 69.5 Å². The summed E-state index contributed by atoms with van der Waals surface area (Å²) in [5, 5.41) is 11.2. The van der Waals surface area contributed by atoms with Crippen molar-refractivity contribution in [1.82, 2.24) is 0 Å². The Morgan fingerprint density at radius 1 is 1.16 bits per heavy atom. The average molecular weight is 438 g/mol. The van der Waals surface area contributed by atoms with Gasteiger partial charge in [0, 0.05) is 17.2 Å². The van der Waals surface area contributed by atoms with E-state index in [0.29, 0.717) is 23.6 Å². The van der Waals surface area contributed by atoms with Crippen LogP contribution in [0.2, 0.25) is 0 Å². The monoisotopic (exact) mass is 437 g/mol. The first-order valence-corrected chi connectivity index (χ1v) is 12.0. The van der Waals surface area contributed by atoms with E-state index < -0.39 is 6.10 Å². The Balaban J connectivity index is 1.44. The number of halogens is 2. The predicted molar refractivity (Wildman–Crippen MR) is 125 cm³/mol. The number of anilines is 1. The minimum Gasteiger partial charge on any atom is -0.398 e. The molecule has 6 atom stereocenters. The lowest BCUT2D eigenvalue weighted by Crippen LogP contribution is -2.24. The van der Waals surface area contributed by atoms with Crippen LogP contribution in [0.25, 0.3) is 5.83 Å². The van der Waals surface area contributed by atoms with Gasteiger partial charge in [0.1, 0.15) is 11.6 Å². The van der Waals surface area contributed by atoms with Crippen LogP contribution in [0, 0.1) is 36.4 Å². The first-order valence-electron chi connectivity index (χ1n) is 12.0. The molecule has 2 nitrogen and oxygen atoms in total. The lowest BCUT2D eigenvalue weighted by atomic mass is 9.79. The first kappa shape index (κ1) is 21.6. The van der Waals surface area contributed by atoms with E-state index in [-0.39, 0.29) is 35.3 Å². The molecule has 0 amide bonds. The molecule has 0 aliphatic heterocycles. The number of aliphatic hydroxyl groups is 1. The molecule has 0 radical (unpaired) electrons. The lowest BCUT2D eigenvalue weighted by Gasteiger charge is -2.26. The van der Waals surface area contributed by atoms with Crippen LogP contribution in [0.4, 0.5) is 14.5 Å². The number of rotatable bonds is 3. The molecule has 1 fully saturated rings. The van der Waals surface area contributed by atoms with Crippen LogP contribution in [0.3, 0.4) is 0 Å². The molecule has 5 rings (SSSR count). The van der Waals surface area contributed by atoms with Gasteiger partial charge in [0.25, 0.3) is 0 Å². The van der Waals surface area contributed by atoms with Gasteiger partial charge in [0.2, 0.25) is 0 Å². The second-order valence-electron chi connectivity index (χ2n) is 10.6. The largest absolute Gasteiger partial charge is 0.398 e. The molecular formula is C28H33F2NO. The molecule has 0 aromatic heterocycles. The molecule has 1 saturated carbocycles. The molecule has 1 unspecified atom stereocenters. The fourth-order valence-corrected chi connectivity index (χ4v) is 6.72. The van der Waals surface area contributed by atoms with E-state index in [0.717, 1.165) is 47.9 Å². The molecule has 0 saturated heterocycles. The molecule has 4 heteroatoms. The topological polar surface area (TPSA) is 46.2 Å². The maximum atomic E-state index is 14.9. The zero-order chi connectivity index (χ0) is 22.7. The van der Waals surface area contributed by atoms with Crippen LogP contribution < -0.4 is 5.73 Å². The number of hydrogen-bond donors (Lipinski definition) is 2. The summed E-state index contributed by atoms with van der Waals surface area (Å²) in [5.41, 5.74) is 12.6. The summed E-state index contributed by atoms with van der Waals surface area (Å²) in [5.74, 6) is 0.304. The number of allylic oxidation sites excluding steroid dienone is 1. The maximum absolute atomic E-state index is 14.9. The van der Waals surface area contributed by atoms with Gasteiger partial charge in [-0.15, -0.1) is 0 Å². The highest BCUT2D eigenvalue weighted by atomic mass is 19.1. The first-order chi connectivity index (χ1) is 15.2. The van der Waals surface area contributed by atoms with Crippen molar-refractivity contribution in [3.8, 4) is 0 Å². The SMILES string of the molecule is Cc1ccc(N)c2c1C([C@@H]1C[C@H](Cc3cc(F)cc4c3C[C@@H](C)CC4)[C@@H](O)[C@H]1C)C=C2F. The van der Waals surface area contributed by atoms with Crippen molar-refractivity contribution in [2.75, 3.05) is 5.73 Å². The quantitative estimate of drug-likeness (QED) is 0.568. The van der Waals surface area contributed by atoms with Gasteiger partial charge in [-0.05, 0) is 115 Å². The summed E-state index contributed by atoms with van der Waals surface area (Å²) in [4.78, 5) is 0. The number of nitrogen functional groups attached to an aromatic ring is 1. The Morgan fingerprint density at radius 3 is 2.72 bits per heavy atom. The molecule has 2 aromatic rings. The second kappa shape index (κ2) is 7.98. The minimum atomic E-state index is -0.484.